The number of rotatable bonds is 4. The van der Waals surface area contributed by atoms with Crippen LogP contribution in [-0.4, -0.2) is 44.6 Å². The quantitative estimate of drug-likeness (QED) is 0.661. The molecule has 1 aromatic carbocycles. The van der Waals surface area contributed by atoms with E-state index in [1.807, 2.05) is 30.5 Å². The highest BCUT2D eigenvalue weighted by Gasteiger charge is 2.34. The van der Waals surface area contributed by atoms with E-state index in [4.69, 9.17) is 10.5 Å². The summed E-state index contributed by atoms with van der Waals surface area (Å²) in [5.41, 5.74) is 8.81. The fourth-order valence-electron chi connectivity index (χ4n) is 3.89. The van der Waals surface area contributed by atoms with E-state index in [9.17, 15) is 10.2 Å². The molecule has 4 N–H and O–H groups in total. The maximum absolute atomic E-state index is 10.2. The van der Waals surface area contributed by atoms with Gasteiger partial charge in [0.1, 0.15) is 23.5 Å². The summed E-state index contributed by atoms with van der Waals surface area (Å²) in [6.07, 6.45) is 4.24. The van der Waals surface area contributed by atoms with Crippen molar-refractivity contribution in [3.63, 3.8) is 0 Å². The topological polar surface area (TPSA) is 106 Å². The minimum atomic E-state index is -0.512. The molecule has 1 saturated carbocycles. The van der Waals surface area contributed by atoms with Crippen LogP contribution in [0.2, 0.25) is 0 Å². The Morgan fingerprint density at radius 3 is 2.88 bits per heavy atom. The molecular weight excluding hydrogens is 332 g/mol. The largest absolute Gasteiger partial charge is 0.497 e. The lowest BCUT2D eigenvalue weighted by Gasteiger charge is -2.13. The van der Waals surface area contributed by atoms with Crippen molar-refractivity contribution in [3.8, 4) is 16.9 Å². The van der Waals surface area contributed by atoms with Gasteiger partial charge in [-0.05, 0) is 30.5 Å². The number of fused-ring (bicyclic) bond motifs is 1. The number of hydrogen-bond donors (Lipinski definition) is 3. The standard InChI is InChI=1S/C19H22N4O3/c1-26-14-4-2-3-11(6-14)15-8-23(13-5-12(9-24)16(25)7-13)19-17(15)18(20)21-10-22-19/h2-4,6,8,10,12-13,16,24-25H,5,7,9H2,1H3,(H2,20,21,22). The molecule has 0 saturated heterocycles. The normalized spacial score (nSPS) is 22.8. The van der Waals surface area contributed by atoms with Gasteiger partial charge in [-0.15, -0.1) is 0 Å². The first-order valence-corrected chi connectivity index (χ1v) is 8.66. The highest BCUT2D eigenvalue weighted by atomic mass is 16.5. The predicted octanol–water partition coefficient (Wildman–Crippen LogP) is 1.99. The second-order valence-corrected chi connectivity index (χ2v) is 6.77. The van der Waals surface area contributed by atoms with Crippen LogP contribution in [-0.2, 0) is 0 Å². The SMILES string of the molecule is COc1cccc(-c2cn(C3CC(O)C(CO)C3)c3ncnc(N)c23)c1. The summed E-state index contributed by atoms with van der Waals surface area (Å²) < 4.78 is 7.39. The Bertz CT molecular complexity index is 940. The number of nitrogen functional groups attached to an aromatic ring is 1. The fourth-order valence-corrected chi connectivity index (χ4v) is 3.89. The van der Waals surface area contributed by atoms with Crippen molar-refractivity contribution in [2.24, 2.45) is 5.92 Å². The number of ether oxygens (including phenoxy) is 1. The zero-order chi connectivity index (χ0) is 18.3. The Kier molecular flexibility index (Phi) is 4.26. The smallest absolute Gasteiger partial charge is 0.146 e. The zero-order valence-corrected chi connectivity index (χ0v) is 14.5. The Balaban J connectivity index is 1.87. The van der Waals surface area contributed by atoms with Gasteiger partial charge in [-0.1, -0.05) is 12.1 Å². The molecule has 0 amide bonds. The van der Waals surface area contributed by atoms with E-state index < -0.39 is 6.10 Å². The molecule has 7 heteroatoms. The number of nitrogens with two attached hydrogens (primary N) is 1. The average molecular weight is 354 g/mol. The van der Waals surface area contributed by atoms with Gasteiger partial charge in [0.15, 0.2) is 0 Å². The summed E-state index contributed by atoms with van der Waals surface area (Å²) in [7, 11) is 1.63. The van der Waals surface area contributed by atoms with Gasteiger partial charge in [-0.3, -0.25) is 0 Å². The Hall–Kier alpha value is -2.64. The lowest BCUT2D eigenvalue weighted by Crippen LogP contribution is -2.16. The molecule has 7 nitrogen and oxygen atoms in total. The molecule has 0 aliphatic heterocycles. The van der Waals surface area contributed by atoms with Crippen molar-refractivity contribution in [2.75, 3.05) is 19.5 Å². The van der Waals surface area contributed by atoms with Crippen molar-refractivity contribution >= 4 is 16.9 Å². The predicted molar refractivity (Wildman–Crippen MR) is 98.8 cm³/mol. The highest BCUT2D eigenvalue weighted by Crippen LogP contribution is 2.41. The summed E-state index contributed by atoms with van der Waals surface area (Å²) in [5, 5.41) is 20.5. The Labute approximate surface area is 151 Å². The third-order valence-corrected chi connectivity index (χ3v) is 5.28. The van der Waals surface area contributed by atoms with E-state index in [1.165, 1.54) is 6.33 Å². The molecule has 136 valence electrons. The van der Waals surface area contributed by atoms with Crippen LogP contribution in [0.15, 0.2) is 36.8 Å². The van der Waals surface area contributed by atoms with Crippen molar-refractivity contribution in [1.29, 1.82) is 0 Å². The number of hydrogen-bond acceptors (Lipinski definition) is 6. The number of nitrogens with zero attached hydrogens (tertiary/aromatic N) is 3. The van der Waals surface area contributed by atoms with E-state index in [1.54, 1.807) is 7.11 Å². The van der Waals surface area contributed by atoms with Crippen molar-refractivity contribution in [2.45, 2.75) is 25.0 Å². The number of aliphatic hydroxyl groups is 2. The van der Waals surface area contributed by atoms with Crippen LogP contribution in [0.3, 0.4) is 0 Å². The summed E-state index contributed by atoms with van der Waals surface area (Å²) in [6.45, 7) is -0.0171. The lowest BCUT2D eigenvalue weighted by atomic mass is 10.1. The van der Waals surface area contributed by atoms with Crippen LogP contribution >= 0.6 is 0 Å². The molecule has 3 atom stereocenters. The van der Waals surface area contributed by atoms with Crippen LogP contribution in [0.5, 0.6) is 5.75 Å². The third kappa shape index (κ3) is 2.69. The minimum absolute atomic E-state index is 0.0171. The second kappa shape index (κ2) is 6.59. The Morgan fingerprint density at radius 2 is 2.15 bits per heavy atom. The molecule has 0 spiro atoms. The van der Waals surface area contributed by atoms with E-state index in [0.29, 0.717) is 18.7 Å². The molecule has 3 unspecified atom stereocenters. The first kappa shape index (κ1) is 16.8. The van der Waals surface area contributed by atoms with Crippen LogP contribution in [0.4, 0.5) is 5.82 Å². The van der Waals surface area contributed by atoms with Gasteiger partial charge in [0.25, 0.3) is 0 Å². The summed E-state index contributed by atoms with van der Waals surface area (Å²) in [6, 6.07) is 7.82. The third-order valence-electron chi connectivity index (χ3n) is 5.28. The van der Waals surface area contributed by atoms with Gasteiger partial charge >= 0.3 is 0 Å². The van der Waals surface area contributed by atoms with E-state index in [2.05, 4.69) is 14.5 Å². The molecule has 1 fully saturated rings. The van der Waals surface area contributed by atoms with Crippen LogP contribution in [0, 0.1) is 5.92 Å². The van der Waals surface area contributed by atoms with Gasteiger partial charge in [0.2, 0.25) is 0 Å². The molecule has 1 aliphatic rings. The first-order chi connectivity index (χ1) is 12.6. The first-order valence-electron chi connectivity index (χ1n) is 8.66. The van der Waals surface area contributed by atoms with Gasteiger partial charge in [-0.2, -0.15) is 0 Å². The zero-order valence-electron chi connectivity index (χ0n) is 14.5. The maximum Gasteiger partial charge on any atom is 0.146 e. The molecular formula is C19H22N4O3. The second-order valence-electron chi connectivity index (χ2n) is 6.77. The summed E-state index contributed by atoms with van der Waals surface area (Å²) >= 11 is 0. The number of methoxy groups -OCH3 is 1. The van der Waals surface area contributed by atoms with Crippen molar-refractivity contribution < 1.29 is 14.9 Å². The van der Waals surface area contributed by atoms with Crippen LogP contribution < -0.4 is 10.5 Å². The molecule has 0 radical (unpaired) electrons. The molecule has 26 heavy (non-hydrogen) atoms. The molecule has 2 heterocycles. The molecule has 0 bridgehead atoms. The summed E-state index contributed by atoms with van der Waals surface area (Å²) in [4.78, 5) is 8.60. The van der Waals surface area contributed by atoms with E-state index >= 15 is 0 Å². The van der Waals surface area contributed by atoms with E-state index in [0.717, 1.165) is 27.9 Å². The van der Waals surface area contributed by atoms with Gasteiger partial charge in [0.05, 0.1) is 18.6 Å². The molecule has 2 aromatic heterocycles. The number of benzene rings is 1. The Morgan fingerprint density at radius 1 is 1.31 bits per heavy atom. The maximum atomic E-state index is 10.2. The average Bonchev–Trinajstić information content (AvgIpc) is 3.23. The molecule has 3 aromatic rings. The number of aromatic nitrogens is 3. The fraction of sp³-hybridized carbons (Fsp3) is 0.368. The number of aliphatic hydroxyl groups excluding tert-OH is 2. The monoisotopic (exact) mass is 354 g/mol. The minimum Gasteiger partial charge on any atom is -0.497 e. The molecule has 4 rings (SSSR count). The van der Waals surface area contributed by atoms with Crippen LogP contribution in [0.1, 0.15) is 18.9 Å². The lowest BCUT2D eigenvalue weighted by molar-refractivity contribution is 0.0906. The summed E-state index contributed by atoms with van der Waals surface area (Å²) in [5.74, 6) is 1.07. The van der Waals surface area contributed by atoms with Gasteiger partial charge in [-0.25, -0.2) is 9.97 Å². The van der Waals surface area contributed by atoms with Crippen LogP contribution in [0.25, 0.3) is 22.2 Å². The molecule has 1 aliphatic carbocycles. The highest BCUT2D eigenvalue weighted by molar-refractivity contribution is 6.00. The van der Waals surface area contributed by atoms with Crippen molar-refractivity contribution in [3.05, 3.63) is 36.8 Å². The van der Waals surface area contributed by atoms with Gasteiger partial charge in [0, 0.05) is 30.3 Å². The number of anilines is 1. The van der Waals surface area contributed by atoms with Gasteiger partial charge < -0.3 is 25.3 Å². The van der Waals surface area contributed by atoms with Crippen molar-refractivity contribution in [1.82, 2.24) is 14.5 Å². The van der Waals surface area contributed by atoms with E-state index in [-0.39, 0.29) is 18.6 Å².